The van der Waals surface area contributed by atoms with E-state index in [0.29, 0.717) is 0 Å². The van der Waals surface area contributed by atoms with E-state index in [1.165, 1.54) is 0 Å². The maximum absolute atomic E-state index is 5.26. The number of hydrogen-bond donors (Lipinski definition) is 0. The molecule has 34 valence electrons. The van der Waals surface area contributed by atoms with Crippen LogP contribution in [0, 0.1) is 13.0 Å². The minimum Gasteiger partial charge on any atom is -0.163 e. The van der Waals surface area contributed by atoms with Gasteiger partial charge in [-0.15, -0.1) is 0 Å². The van der Waals surface area contributed by atoms with Crippen molar-refractivity contribution in [3.8, 4) is 0 Å². The molecule has 0 unspecified atom stereocenters. The normalized spacial score (nSPS) is 7.50. The Morgan fingerprint density at radius 2 is 2.33 bits per heavy atom. The van der Waals surface area contributed by atoms with Crippen LogP contribution in [0.4, 0.5) is 0 Å². The molecular weight excluding hydrogens is 72.1 g/mol. The zero-order valence-corrected chi connectivity index (χ0v) is 4.36. The van der Waals surface area contributed by atoms with E-state index in [1.807, 2.05) is 13.3 Å². The first kappa shape index (κ1) is 5.52. The molecule has 0 aliphatic carbocycles. The summed E-state index contributed by atoms with van der Waals surface area (Å²) in [6.07, 6.45) is 3.03. The molecule has 0 aliphatic rings. The van der Waals surface area contributed by atoms with Gasteiger partial charge in [0.15, 0.2) is 0 Å². The molecule has 0 N–H and O–H groups in total. The maximum Gasteiger partial charge on any atom is -0.0210 e. The summed E-state index contributed by atoms with van der Waals surface area (Å²) in [5.41, 5.74) is 0.914. The van der Waals surface area contributed by atoms with Crippen LogP contribution in [0.25, 0.3) is 0 Å². The average molecular weight is 82.1 g/mol. The lowest BCUT2D eigenvalue weighted by molar-refractivity contribution is 1.10. The third-order valence-electron chi connectivity index (χ3n) is 0.526. The fraction of sp³-hybridized carbons (Fsp3) is 0.500. The lowest BCUT2D eigenvalue weighted by Gasteiger charge is -1.86. The molecule has 0 aromatic carbocycles. The Kier molecular flexibility index (Phi) is 2.52. The Balaban J connectivity index is 2.83. The first-order valence-electron chi connectivity index (χ1n) is 2.19. The van der Waals surface area contributed by atoms with Gasteiger partial charge in [-0.2, -0.15) is 6.58 Å². The highest BCUT2D eigenvalue weighted by molar-refractivity contribution is 4.99. The monoisotopic (exact) mass is 82.1 g/mol. The van der Waals surface area contributed by atoms with Gasteiger partial charge in [0.1, 0.15) is 0 Å². The van der Waals surface area contributed by atoms with Crippen molar-refractivity contribution in [3.63, 3.8) is 0 Å². The molecule has 0 heterocycles. The van der Waals surface area contributed by atoms with Gasteiger partial charge >= 0.3 is 0 Å². The van der Waals surface area contributed by atoms with Crippen LogP contribution in [0.5, 0.6) is 0 Å². The maximum atomic E-state index is 5.26. The molecule has 0 aliphatic heterocycles. The van der Waals surface area contributed by atoms with Crippen LogP contribution in [-0.2, 0) is 0 Å². The van der Waals surface area contributed by atoms with E-state index in [2.05, 4.69) is 6.92 Å². The first-order valence-corrected chi connectivity index (χ1v) is 2.19. The molecule has 6 heavy (non-hydrogen) atoms. The number of rotatable bonds is 2. The van der Waals surface area contributed by atoms with E-state index in [1.54, 1.807) is 0 Å². The third kappa shape index (κ3) is 3.52. The molecule has 0 radical (unpaired) electrons. The van der Waals surface area contributed by atoms with Gasteiger partial charge in [-0.05, 0) is 18.9 Å². The molecule has 0 spiro atoms. The van der Waals surface area contributed by atoms with Crippen LogP contribution in [0.2, 0.25) is 0 Å². The van der Waals surface area contributed by atoms with Crippen molar-refractivity contribution < 1.29 is 0 Å². The van der Waals surface area contributed by atoms with Crippen molar-refractivity contribution in [1.29, 1.82) is 0 Å². The second-order valence-corrected chi connectivity index (χ2v) is 1.36. The summed E-state index contributed by atoms with van der Waals surface area (Å²) in [6, 6.07) is 0. The van der Waals surface area contributed by atoms with Gasteiger partial charge in [0.05, 0.1) is 0 Å². The van der Waals surface area contributed by atoms with Crippen molar-refractivity contribution in [2.75, 3.05) is 0 Å². The Morgan fingerprint density at radius 3 is 2.33 bits per heavy atom. The lowest BCUT2D eigenvalue weighted by atomic mass is 10.2. The molecule has 0 rings (SSSR count). The van der Waals surface area contributed by atoms with Crippen molar-refractivity contribution in [2.24, 2.45) is 0 Å². The molecule has 0 saturated carbocycles. The Morgan fingerprint density at radius 1 is 1.83 bits per heavy atom. The smallest absolute Gasteiger partial charge is 0.0210 e. The number of hydrogen-bond acceptors (Lipinski definition) is 0. The van der Waals surface area contributed by atoms with E-state index in [9.17, 15) is 0 Å². The van der Waals surface area contributed by atoms with Crippen molar-refractivity contribution in [3.05, 3.63) is 18.6 Å². The summed E-state index contributed by atoms with van der Waals surface area (Å²) in [5.74, 6) is 0. The first-order chi connectivity index (χ1) is 2.77. The minimum absolute atomic E-state index is 0.914. The van der Waals surface area contributed by atoms with Gasteiger partial charge in [-0.25, -0.2) is 0 Å². The largest absolute Gasteiger partial charge is 0.163 e. The highest BCUT2D eigenvalue weighted by Crippen LogP contribution is 1.94. The van der Waals surface area contributed by atoms with E-state index < -0.39 is 0 Å². The predicted octanol–water partition coefficient (Wildman–Crippen LogP) is 1.98. The van der Waals surface area contributed by atoms with Crippen molar-refractivity contribution in [1.82, 2.24) is 0 Å². The summed E-state index contributed by atoms with van der Waals surface area (Å²) in [7, 11) is 0. The zero-order valence-electron chi connectivity index (χ0n) is 4.36. The summed E-state index contributed by atoms with van der Waals surface area (Å²) in [4.78, 5) is 0. The molecule has 0 aromatic heterocycles. The van der Waals surface area contributed by atoms with Gasteiger partial charge < -0.3 is 0 Å². The van der Waals surface area contributed by atoms with Crippen LogP contribution in [0.1, 0.15) is 20.3 Å². The van der Waals surface area contributed by atoms with E-state index in [0.717, 1.165) is 12.0 Å². The fourth-order valence-electron chi connectivity index (χ4n) is 0.322. The second kappa shape index (κ2) is 2.74. The molecule has 0 fully saturated rings. The van der Waals surface area contributed by atoms with Gasteiger partial charge in [0, 0.05) is 0 Å². The molecule has 0 atom stereocenters. The van der Waals surface area contributed by atoms with Crippen molar-refractivity contribution in [2.45, 2.75) is 20.3 Å². The van der Waals surface area contributed by atoms with Crippen molar-refractivity contribution >= 4 is 0 Å². The van der Waals surface area contributed by atoms with Gasteiger partial charge in [0.25, 0.3) is 0 Å². The average Bonchev–Trinajstić information content (AvgIpc) is 1.35. The molecule has 0 amide bonds. The van der Waals surface area contributed by atoms with Gasteiger partial charge in [-0.3, -0.25) is 0 Å². The van der Waals surface area contributed by atoms with Gasteiger partial charge in [-0.1, -0.05) is 13.3 Å². The molecule has 0 bridgehead atoms. The fourth-order valence-corrected chi connectivity index (χ4v) is 0.322. The van der Waals surface area contributed by atoms with E-state index in [4.69, 9.17) is 6.58 Å². The van der Waals surface area contributed by atoms with Gasteiger partial charge in [0.2, 0.25) is 0 Å². The molecule has 0 saturated heterocycles. The van der Waals surface area contributed by atoms with Crippen LogP contribution < -0.4 is 0 Å². The van der Waals surface area contributed by atoms with Crippen LogP contribution in [-0.4, -0.2) is 0 Å². The highest BCUT2D eigenvalue weighted by Gasteiger charge is 1.76. The van der Waals surface area contributed by atoms with E-state index in [-0.39, 0.29) is 0 Å². The SMILES string of the molecule is [CH+]=C(C)[CH-]CC. The summed E-state index contributed by atoms with van der Waals surface area (Å²) < 4.78 is 0. The Hall–Kier alpha value is -0.480. The lowest BCUT2D eigenvalue weighted by Crippen LogP contribution is -1.69. The third-order valence-corrected chi connectivity index (χ3v) is 0.526. The molecule has 0 heteroatoms. The standard InChI is InChI=1S/C6H10/c1-4-5-6(2)3/h2,5H,4H2,1,3H3. The Labute approximate surface area is 39.9 Å². The summed E-state index contributed by atoms with van der Waals surface area (Å²) in [6.45, 7) is 9.22. The predicted molar refractivity (Wildman–Crippen MR) is 28.1 cm³/mol. The molecule has 0 nitrogen and oxygen atoms in total. The molecule has 0 aromatic rings. The Bertz CT molecular complexity index is 44.0. The molecular formula is C6H10. The second-order valence-electron chi connectivity index (χ2n) is 1.36. The number of allylic oxidation sites excluding steroid dienone is 1. The quantitative estimate of drug-likeness (QED) is 0.447. The summed E-state index contributed by atoms with van der Waals surface area (Å²) >= 11 is 0. The van der Waals surface area contributed by atoms with Crippen LogP contribution >= 0.6 is 0 Å². The highest BCUT2D eigenvalue weighted by atomic mass is 13.8. The van der Waals surface area contributed by atoms with Crippen LogP contribution in [0.15, 0.2) is 5.57 Å². The zero-order chi connectivity index (χ0) is 4.99. The summed E-state index contributed by atoms with van der Waals surface area (Å²) in [5, 5.41) is 0. The van der Waals surface area contributed by atoms with Crippen LogP contribution in [0.3, 0.4) is 0 Å². The minimum atomic E-state index is 0.914. The topological polar surface area (TPSA) is 0 Å². The van der Waals surface area contributed by atoms with E-state index >= 15 is 0 Å².